The number of anilines is 1. The van der Waals surface area contributed by atoms with Gasteiger partial charge >= 0.3 is 0 Å². The van der Waals surface area contributed by atoms with Gasteiger partial charge in [0, 0.05) is 29.7 Å². The monoisotopic (exact) mass is 465 g/mol. The van der Waals surface area contributed by atoms with Crippen LogP contribution in [-0.4, -0.2) is 53.8 Å². The molecule has 6 nitrogen and oxygen atoms in total. The van der Waals surface area contributed by atoms with Gasteiger partial charge in [-0.25, -0.2) is 0 Å². The Kier molecular flexibility index (Phi) is 6.38. The Morgan fingerprint density at radius 3 is 2.45 bits per heavy atom. The summed E-state index contributed by atoms with van der Waals surface area (Å²) in [6.45, 7) is 3.93. The molecule has 0 atom stereocenters. The smallest absolute Gasteiger partial charge is 0.291 e. The van der Waals surface area contributed by atoms with Crippen LogP contribution in [0.1, 0.15) is 48.0 Å². The lowest BCUT2D eigenvalue weighted by Gasteiger charge is -2.40. The maximum absolute atomic E-state index is 13.1. The maximum atomic E-state index is 13.1. The average molecular weight is 466 g/mol. The molecule has 2 saturated heterocycles. The molecule has 3 heterocycles. The summed E-state index contributed by atoms with van der Waals surface area (Å²) in [5.74, 6) is 0.384. The Morgan fingerprint density at radius 2 is 1.73 bits per heavy atom. The third kappa shape index (κ3) is 4.92. The maximum Gasteiger partial charge on any atom is 0.291 e. The Hall–Kier alpha value is -2.83. The first kappa shape index (κ1) is 22.0. The zero-order chi connectivity index (χ0) is 22.8. The van der Waals surface area contributed by atoms with Gasteiger partial charge in [0.1, 0.15) is 0 Å². The highest BCUT2D eigenvalue weighted by molar-refractivity contribution is 6.30. The molecule has 0 bridgehead atoms. The number of carbonyl (C=O) groups excluding carboxylic acids is 2. The van der Waals surface area contributed by atoms with Crippen LogP contribution in [0.15, 0.2) is 48.2 Å². The first-order chi connectivity index (χ1) is 16.1. The molecular weight excluding hydrogens is 438 g/mol. The molecular formula is C26H28ClN3O3. The number of amides is 2. The van der Waals surface area contributed by atoms with Crippen molar-refractivity contribution >= 4 is 35.2 Å². The highest BCUT2D eigenvalue weighted by Gasteiger charge is 2.29. The van der Waals surface area contributed by atoms with Crippen LogP contribution in [-0.2, 0) is 4.79 Å². The van der Waals surface area contributed by atoms with Crippen molar-refractivity contribution in [1.82, 2.24) is 9.80 Å². The number of piperidine rings is 2. The van der Waals surface area contributed by atoms with Gasteiger partial charge in [0.2, 0.25) is 0 Å². The second kappa shape index (κ2) is 9.57. The van der Waals surface area contributed by atoms with Crippen LogP contribution in [0.25, 0.3) is 6.08 Å². The van der Waals surface area contributed by atoms with Crippen molar-refractivity contribution in [3.8, 4) is 5.75 Å². The van der Waals surface area contributed by atoms with Crippen molar-refractivity contribution in [3.63, 3.8) is 0 Å². The van der Waals surface area contributed by atoms with Crippen LogP contribution in [0, 0.1) is 0 Å². The largest absolute Gasteiger partial charge is 0.449 e. The van der Waals surface area contributed by atoms with E-state index in [0.717, 1.165) is 31.5 Å². The lowest BCUT2D eigenvalue weighted by atomic mass is 9.99. The molecule has 3 aliphatic heterocycles. The summed E-state index contributed by atoms with van der Waals surface area (Å²) in [5.41, 5.74) is 1.90. The molecule has 2 aromatic carbocycles. The van der Waals surface area contributed by atoms with Gasteiger partial charge < -0.3 is 19.9 Å². The number of hydrogen-bond acceptors (Lipinski definition) is 4. The van der Waals surface area contributed by atoms with E-state index >= 15 is 0 Å². The third-order valence-electron chi connectivity index (χ3n) is 6.74. The van der Waals surface area contributed by atoms with Crippen LogP contribution >= 0.6 is 11.6 Å². The van der Waals surface area contributed by atoms with Gasteiger partial charge in [0.05, 0.1) is 5.69 Å². The molecule has 3 aliphatic rings. The van der Waals surface area contributed by atoms with Crippen LogP contribution < -0.4 is 10.1 Å². The van der Waals surface area contributed by atoms with Gasteiger partial charge in [0.15, 0.2) is 11.5 Å². The SMILES string of the molecule is O=C1Nc2cc(C(=O)N3CCC(N4CCCCC4)CC3)ccc2O/C1=C/c1ccc(Cl)cc1. The number of hydrogen-bond donors (Lipinski definition) is 1. The number of nitrogens with zero attached hydrogens (tertiary/aromatic N) is 2. The predicted molar refractivity (Wildman–Crippen MR) is 129 cm³/mol. The fraction of sp³-hybridized carbons (Fsp3) is 0.385. The number of likely N-dealkylation sites (tertiary alicyclic amines) is 2. The van der Waals surface area contributed by atoms with E-state index in [-0.39, 0.29) is 17.6 Å². The van der Waals surface area contributed by atoms with Crippen molar-refractivity contribution < 1.29 is 14.3 Å². The van der Waals surface area contributed by atoms with Gasteiger partial charge in [-0.3, -0.25) is 9.59 Å². The predicted octanol–water partition coefficient (Wildman–Crippen LogP) is 4.80. The Labute approximate surface area is 199 Å². The quantitative estimate of drug-likeness (QED) is 0.661. The first-order valence-electron chi connectivity index (χ1n) is 11.7. The van der Waals surface area contributed by atoms with Crippen LogP contribution in [0.4, 0.5) is 5.69 Å². The summed E-state index contributed by atoms with van der Waals surface area (Å²) in [5, 5.41) is 3.48. The Balaban J connectivity index is 1.24. The molecule has 0 radical (unpaired) electrons. The summed E-state index contributed by atoms with van der Waals surface area (Å²) < 4.78 is 5.83. The molecule has 2 amide bonds. The second-order valence-corrected chi connectivity index (χ2v) is 9.38. The molecule has 2 aromatic rings. The molecule has 7 heteroatoms. The van der Waals surface area contributed by atoms with Crippen molar-refractivity contribution in [1.29, 1.82) is 0 Å². The van der Waals surface area contributed by atoms with E-state index in [9.17, 15) is 9.59 Å². The third-order valence-corrected chi connectivity index (χ3v) is 7.00. The van der Waals surface area contributed by atoms with Gasteiger partial charge in [-0.05, 0) is 80.7 Å². The summed E-state index contributed by atoms with van der Waals surface area (Å²) in [4.78, 5) is 30.2. The fourth-order valence-electron chi connectivity index (χ4n) is 4.90. The van der Waals surface area contributed by atoms with E-state index < -0.39 is 0 Å². The van der Waals surface area contributed by atoms with E-state index in [1.54, 1.807) is 36.4 Å². The summed E-state index contributed by atoms with van der Waals surface area (Å²) in [7, 11) is 0. The number of fused-ring (bicyclic) bond motifs is 1. The van der Waals surface area contributed by atoms with E-state index in [0.29, 0.717) is 28.1 Å². The minimum absolute atomic E-state index is 0.00615. The van der Waals surface area contributed by atoms with E-state index in [1.807, 2.05) is 17.0 Å². The number of benzene rings is 2. The topological polar surface area (TPSA) is 61.9 Å². The lowest BCUT2D eigenvalue weighted by Crippen LogP contribution is -2.48. The first-order valence-corrected chi connectivity index (χ1v) is 12.1. The van der Waals surface area contributed by atoms with E-state index in [1.165, 1.54) is 32.4 Å². The van der Waals surface area contributed by atoms with E-state index in [4.69, 9.17) is 16.3 Å². The summed E-state index contributed by atoms with van der Waals surface area (Å²) in [6.07, 6.45) is 7.63. The van der Waals surface area contributed by atoms with Crippen LogP contribution in [0.5, 0.6) is 5.75 Å². The molecule has 0 aliphatic carbocycles. The van der Waals surface area contributed by atoms with Gasteiger partial charge in [0.25, 0.3) is 11.8 Å². The molecule has 2 fully saturated rings. The van der Waals surface area contributed by atoms with E-state index in [2.05, 4.69) is 10.2 Å². The Morgan fingerprint density at radius 1 is 1.00 bits per heavy atom. The number of ether oxygens (including phenoxy) is 1. The van der Waals surface area contributed by atoms with Crippen molar-refractivity contribution in [2.24, 2.45) is 0 Å². The lowest BCUT2D eigenvalue weighted by molar-refractivity contribution is -0.115. The minimum atomic E-state index is -0.343. The number of nitrogens with one attached hydrogen (secondary N) is 1. The van der Waals surface area contributed by atoms with Crippen LogP contribution in [0.2, 0.25) is 5.02 Å². The second-order valence-electron chi connectivity index (χ2n) is 8.95. The Bertz CT molecular complexity index is 1070. The average Bonchev–Trinajstić information content (AvgIpc) is 2.86. The molecule has 5 rings (SSSR count). The zero-order valence-electron chi connectivity index (χ0n) is 18.6. The van der Waals surface area contributed by atoms with Crippen molar-refractivity contribution in [2.45, 2.75) is 38.1 Å². The molecule has 33 heavy (non-hydrogen) atoms. The van der Waals surface area contributed by atoms with Crippen molar-refractivity contribution in [3.05, 3.63) is 64.4 Å². The van der Waals surface area contributed by atoms with Gasteiger partial charge in [-0.15, -0.1) is 0 Å². The molecule has 0 saturated carbocycles. The summed E-state index contributed by atoms with van der Waals surface area (Å²) >= 11 is 5.92. The normalized spacial score (nSPS) is 20.8. The van der Waals surface area contributed by atoms with Gasteiger partial charge in [-0.2, -0.15) is 0 Å². The summed E-state index contributed by atoms with van der Waals surface area (Å²) in [6, 6.07) is 13.0. The fourth-order valence-corrected chi connectivity index (χ4v) is 5.03. The molecule has 1 N–H and O–H groups in total. The van der Waals surface area contributed by atoms with Crippen molar-refractivity contribution in [2.75, 3.05) is 31.5 Å². The zero-order valence-corrected chi connectivity index (χ0v) is 19.3. The number of halogens is 1. The highest BCUT2D eigenvalue weighted by atomic mass is 35.5. The molecule has 0 spiro atoms. The van der Waals surface area contributed by atoms with Crippen LogP contribution in [0.3, 0.4) is 0 Å². The minimum Gasteiger partial charge on any atom is -0.449 e. The number of rotatable bonds is 3. The molecule has 0 aromatic heterocycles. The standard InChI is InChI=1S/C26H28ClN3O3/c27-20-7-4-18(5-8-20)16-24-25(31)28-22-17-19(6-9-23(22)33-24)26(32)30-14-10-21(11-15-30)29-12-2-1-3-13-29/h4-9,16-17,21H,1-3,10-15H2,(H,28,31)/b24-16+. The molecule has 172 valence electrons. The number of carbonyl (C=O) groups is 2. The highest BCUT2D eigenvalue weighted by Crippen LogP contribution is 2.33. The molecule has 0 unspecified atom stereocenters. The van der Waals surface area contributed by atoms with Gasteiger partial charge in [-0.1, -0.05) is 30.2 Å².